The molecule has 1 amide bonds. The molecule has 114 valence electrons. The van der Waals surface area contributed by atoms with Gasteiger partial charge in [-0.3, -0.25) is 14.9 Å². The number of rotatable bonds is 5. The summed E-state index contributed by atoms with van der Waals surface area (Å²) in [4.78, 5) is 22.4. The monoisotopic (exact) mass is 291 g/mol. The Balaban J connectivity index is 1.90. The van der Waals surface area contributed by atoms with Crippen molar-refractivity contribution in [2.75, 3.05) is 11.9 Å². The molecule has 6 heteroatoms. The van der Waals surface area contributed by atoms with Crippen molar-refractivity contribution in [2.24, 2.45) is 0 Å². The summed E-state index contributed by atoms with van der Waals surface area (Å²) in [7, 11) is 0. The van der Waals surface area contributed by atoms with E-state index in [1.165, 1.54) is 18.9 Å². The minimum atomic E-state index is -0.434. The second-order valence-corrected chi connectivity index (χ2v) is 5.44. The summed E-state index contributed by atoms with van der Waals surface area (Å²) >= 11 is 0. The molecule has 2 N–H and O–H groups in total. The van der Waals surface area contributed by atoms with E-state index in [1.807, 2.05) is 0 Å². The second-order valence-electron chi connectivity index (χ2n) is 5.44. The van der Waals surface area contributed by atoms with Gasteiger partial charge in [0.1, 0.15) is 0 Å². The van der Waals surface area contributed by atoms with Crippen LogP contribution in [0.2, 0.25) is 0 Å². The Morgan fingerprint density at radius 2 is 2.29 bits per heavy atom. The van der Waals surface area contributed by atoms with E-state index in [-0.39, 0.29) is 11.6 Å². The first-order valence-corrected chi connectivity index (χ1v) is 7.35. The second kappa shape index (κ2) is 7.17. The van der Waals surface area contributed by atoms with E-state index < -0.39 is 4.92 Å². The fourth-order valence-electron chi connectivity index (χ4n) is 2.65. The Morgan fingerprint density at radius 3 is 2.95 bits per heavy atom. The summed E-state index contributed by atoms with van der Waals surface area (Å²) in [6.45, 7) is 2.67. The highest BCUT2D eigenvalue weighted by Crippen LogP contribution is 2.25. The van der Waals surface area contributed by atoms with Crippen LogP contribution in [0.3, 0.4) is 0 Å². The predicted octanol–water partition coefficient (Wildman–Crippen LogP) is 2.76. The smallest absolute Gasteiger partial charge is 0.274 e. The highest BCUT2D eigenvalue weighted by Gasteiger charge is 2.17. The number of anilines is 1. The summed E-state index contributed by atoms with van der Waals surface area (Å²) in [5.74, 6) is -0.0917. The first-order chi connectivity index (χ1) is 10.1. The van der Waals surface area contributed by atoms with Crippen molar-refractivity contribution in [3.05, 3.63) is 33.9 Å². The van der Waals surface area contributed by atoms with E-state index in [9.17, 15) is 14.9 Å². The lowest BCUT2D eigenvalue weighted by Gasteiger charge is -2.23. The van der Waals surface area contributed by atoms with Crippen LogP contribution in [0.25, 0.3) is 0 Å². The molecule has 0 aromatic heterocycles. The summed E-state index contributed by atoms with van der Waals surface area (Å²) in [5.41, 5.74) is 1.04. The lowest BCUT2D eigenvalue weighted by atomic mass is 10.0. The van der Waals surface area contributed by atoms with E-state index in [0.29, 0.717) is 23.7 Å². The maximum atomic E-state index is 12.0. The molecule has 0 radical (unpaired) electrons. The number of benzene rings is 1. The molecule has 1 saturated heterocycles. The summed E-state index contributed by atoms with van der Waals surface area (Å²) in [6.07, 6.45) is 4.77. The maximum absolute atomic E-state index is 12.0. The molecule has 0 saturated carbocycles. The summed E-state index contributed by atoms with van der Waals surface area (Å²) in [5, 5.41) is 17.1. The standard InChI is InChI=1S/C15H21N3O3/c1-11-13(6-4-7-14(11)18(20)21)17-15(19)9-8-12-5-2-3-10-16-12/h4,6-7,12,16H,2-3,5,8-10H2,1H3,(H,17,19). The SMILES string of the molecule is Cc1c(NC(=O)CCC2CCCCN2)cccc1[N+](=O)[O-]. The van der Waals surface area contributed by atoms with Crippen LogP contribution < -0.4 is 10.6 Å². The fraction of sp³-hybridized carbons (Fsp3) is 0.533. The number of carbonyl (C=O) groups excluding carboxylic acids is 1. The van der Waals surface area contributed by atoms with Gasteiger partial charge in [-0.1, -0.05) is 12.5 Å². The van der Waals surface area contributed by atoms with Gasteiger partial charge in [-0.15, -0.1) is 0 Å². The van der Waals surface area contributed by atoms with Gasteiger partial charge in [-0.2, -0.15) is 0 Å². The molecule has 6 nitrogen and oxygen atoms in total. The number of nitrogens with one attached hydrogen (secondary N) is 2. The zero-order valence-corrected chi connectivity index (χ0v) is 12.2. The third-order valence-corrected chi connectivity index (χ3v) is 3.91. The predicted molar refractivity (Wildman–Crippen MR) is 81.3 cm³/mol. The Bertz CT molecular complexity index is 525. The minimum Gasteiger partial charge on any atom is -0.326 e. The van der Waals surface area contributed by atoms with Gasteiger partial charge in [0, 0.05) is 18.5 Å². The molecule has 1 aliphatic heterocycles. The van der Waals surface area contributed by atoms with Crippen LogP contribution in [0.4, 0.5) is 11.4 Å². The molecule has 2 rings (SSSR count). The van der Waals surface area contributed by atoms with Crippen molar-refractivity contribution in [2.45, 2.75) is 45.1 Å². The van der Waals surface area contributed by atoms with E-state index in [1.54, 1.807) is 19.1 Å². The van der Waals surface area contributed by atoms with Crippen LogP contribution in [-0.4, -0.2) is 23.4 Å². The number of piperidine rings is 1. The number of nitrogens with zero attached hydrogens (tertiary/aromatic N) is 1. The zero-order valence-electron chi connectivity index (χ0n) is 12.2. The van der Waals surface area contributed by atoms with Gasteiger partial charge in [0.15, 0.2) is 0 Å². The number of nitro benzene ring substituents is 1. The lowest BCUT2D eigenvalue weighted by Crippen LogP contribution is -2.34. The van der Waals surface area contributed by atoms with Crippen LogP contribution >= 0.6 is 0 Å². The van der Waals surface area contributed by atoms with Gasteiger partial charge in [0.05, 0.1) is 16.2 Å². The van der Waals surface area contributed by atoms with Crippen LogP contribution in [0.1, 0.15) is 37.7 Å². The van der Waals surface area contributed by atoms with E-state index >= 15 is 0 Å². The van der Waals surface area contributed by atoms with Crippen molar-refractivity contribution < 1.29 is 9.72 Å². The molecular formula is C15H21N3O3. The molecule has 1 aromatic carbocycles. The molecule has 1 heterocycles. The quantitative estimate of drug-likeness (QED) is 0.645. The van der Waals surface area contributed by atoms with Crippen molar-refractivity contribution in [3.8, 4) is 0 Å². The van der Waals surface area contributed by atoms with Crippen LogP contribution in [0.5, 0.6) is 0 Å². The first kappa shape index (κ1) is 15.4. The molecule has 21 heavy (non-hydrogen) atoms. The molecule has 1 aromatic rings. The normalized spacial score (nSPS) is 18.2. The van der Waals surface area contributed by atoms with Gasteiger partial charge in [0.25, 0.3) is 5.69 Å². The van der Waals surface area contributed by atoms with Crippen molar-refractivity contribution in [1.29, 1.82) is 0 Å². The van der Waals surface area contributed by atoms with Crippen molar-refractivity contribution in [1.82, 2.24) is 5.32 Å². The van der Waals surface area contributed by atoms with Gasteiger partial charge in [0.2, 0.25) is 5.91 Å². The Hall–Kier alpha value is -1.95. The van der Waals surface area contributed by atoms with Crippen LogP contribution in [0, 0.1) is 17.0 Å². The molecule has 1 fully saturated rings. The van der Waals surface area contributed by atoms with E-state index in [4.69, 9.17) is 0 Å². The van der Waals surface area contributed by atoms with Gasteiger partial charge in [-0.05, 0) is 38.8 Å². The first-order valence-electron chi connectivity index (χ1n) is 7.35. The summed E-state index contributed by atoms with van der Waals surface area (Å²) < 4.78 is 0. The third kappa shape index (κ3) is 4.26. The zero-order chi connectivity index (χ0) is 15.2. The number of hydrogen-bond acceptors (Lipinski definition) is 4. The Morgan fingerprint density at radius 1 is 1.48 bits per heavy atom. The third-order valence-electron chi connectivity index (χ3n) is 3.91. The molecule has 0 spiro atoms. The van der Waals surface area contributed by atoms with E-state index in [2.05, 4.69) is 10.6 Å². The molecule has 0 aliphatic carbocycles. The van der Waals surface area contributed by atoms with Gasteiger partial charge < -0.3 is 10.6 Å². The summed E-state index contributed by atoms with van der Waals surface area (Å²) in [6, 6.07) is 5.13. The minimum absolute atomic E-state index is 0.0294. The Kier molecular flexibility index (Phi) is 5.27. The fourth-order valence-corrected chi connectivity index (χ4v) is 2.65. The van der Waals surface area contributed by atoms with Gasteiger partial charge in [-0.25, -0.2) is 0 Å². The number of hydrogen-bond donors (Lipinski definition) is 2. The molecule has 1 atom stereocenters. The van der Waals surface area contributed by atoms with Crippen LogP contribution in [-0.2, 0) is 4.79 Å². The number of amides is 1. The maximum Gasteiger partial charge on any atom is 0.274 e. The molecule has 0 bridgehead atoms. The van der Waals surface area contributed by atoms with Crippen molar-refractivity contribution in [3.63, 3.8) is 0 Å². The lowest BCUT2D eigenvalue weighted by molar-refractivity contribution is -0.385. The topological polar surface area (TPSA) is 84.3 Å². The van der Waals surface area contributed by atoms with Crippen LogP contribution in [0.15, 0.2) is 18.2 Å². The van der Waals surface area contributed by atoms with Crippen molar-refractivity contribution >= 4 is 17.3 Å². The molecule has 1 unspecified atom stereocenters. The number of carbonyl (C=O) groups is 1. The van der Waals surface area contributed by atoms with Gasteiger partial charge >= 0.3 is 0 Å². The average Bonchev–Trinajstić information content (AvgIpc) is 2.48. The van der Waals surface area contributed by atoms with E-state index in [0.717, 1.165) is 19.4 Å². The highest BCUT2D eigenvalue weighted by atomic mass is 16.6. The average molecular weight is 291 g/mol. The molecular weight excluding hydrogens is 270 g/mol. The number of nitro groups is 1. The largest absolute Gasteiger partial charge is 0.326 e. The Labute approximate surface area is 124 Å². The highest BCUT2D eigenvalue weighted by molar-refractivity contribution is 5.92. The molecule has 1 aliphatic rings.